The van der Waals surface area contributed by atoms with Crippen LogP contribution in [0.5, 0.6) is 0 Å². The minimum absolute atomic E-state index is 0.0652. The lowest BCUT2D eigenvalue weighted by molar-refractivity contribution is -0.153. The molecule has 196 valence electrons. The maximum absolute atomic E-state index is 14.3. The van der Waals surface area contributed by atoms with Crippen LogP contribution < -0.4 is 0 Å². The molecule has 2 heterocycles. The third kappa shape index (κ3) is 5.81. The van der Waals surface area contributed by atoms with Crippen LogP contribution in [0.3, 0.4) is 0 Å². The van der Waals surface area contributed by atoms with Gasteiger partial charge in [0.05, 0.1) is 27.0 Å². The second kappa shape index (κ2) is 10.8. The average molecular weight is 552 g/mol. The van der Waals surface area contributed by atoms with Crippen LogP contribution in [0.1, 0.15) is 77.0 Å². The number of aromatic nitrogens is 1. The van der Waals surface area contributed by atoms with E-state index in [0.29, 0.717) is 29.3 Å². The van der Waals surface area contributed by atoms with Crippen LogP contribution >= 0.6 is 23.2 Å². The number of rotatable bonds is 8. The van der Waals surface area contributed by atoms with Crippen molar-refractivity contribution in [3.63, 3.8) is 0 Å². The zero-order chi connectivity index (χ0) is 26.9. The van der Waals surface area contributed by atoms with Crippen molar-refractivity contribution in [2.45, 2.75) is 76.6 Å². The van der Waals surface area contributed by atoms with Crippen molar-refractivity contribution in [2.75, 3.05) is 5.75 Å². The van der Waals surface area contributed by atoms with Crippen molar-refractivity contribution in [1.29, 1.82) is 0 Å². The summed E-state index contributed by atoms with van der Waals surface area (Å²) in [6, 6.07) is 8.40. The summed E-state index contributed by atoms with van der Waals surface area (Å²) >= 11 is 12.6. The molecule has 4 atom stereocenters. The van der Waals surface area contributed by atoms with E-state index < -0.39 is 32.1 Å². The first-order chi connectivity index (χ1) is 16.7. The van der Waals surface area contributed by atoms with E-state index in [4.69, 9.17) is 23.2 Å². The number of hydrogen-bond acceptors (Lipinski definition) is 4. The van der Waals surface area contributed by atoms with Crippen LogP contribution in [0.15, 0.2) is 55.4 Å². The summed E-state index contributed by atoms with van der Waals surface area (Å²) in [6.45, 7) is 12.9. The van der Waals surface area contributed by atoms with E-state index >= 15 is 0 Å². The number of pyridine rings is 1. The topological polar surface area (TPSA) is 67.3 Å². The standard InChI is InChI=1S/C28H36Cl2N2O3S/c1-7-13-28(6)15-24(20-14-22(30)17-31-16-20)25(19-9-11-21(29)12-10-19)32(26(28)33)23(8-2)18-36(34,35)27(3,4)5/h7,9-12,14,16-17,23-25H,1,8,13,15,18H2,2-6H3/t23-,24+,25+,28-/m0/s1. The van der Waals surface area contributed by atoms with E-state index in [1.54, 1.807) is 51.4 Å². The van der Waals surface area contributed by atoms with Gasteiger partial charge in [-0.1, -0.05) is 55.3 Å². The third-order valence-corrected chi connectivity index (χ3v) is 10.4. The number of carbonyl (C=O) groups excluding carboxylic acids is 1. The lowest BCUT2D eigenvalue weighted by Crippen LogP contribution is -2.57. The smallest absolute Gasteiger partial charge is 0.229 e. The first-order valence-electron chi connectivity index (χ1n) is 12.3. The van der Waals surface area contributed by atoms with E-state index in [1.165, 1.54) is 0 Å². The lowest BCUT2D eigenvalue weighted by atomic mass is 9.67. The van der Waals surface area contributed by atoms with Crippen molar-refractivity contribution >= 4 is 38.9 Å². The molecule has 0 unspecified atom stereocenters. The number of hydrogen-bond donors (Lipinski definition) is 0. The molecular formula is C28H36Cl2N2O3S. The number of halogens is 2. The van der Waals surface area contributed by atoms with Gasteiger partial charge in [-0.05, 0) is 69.4 Å². The number of sulfone groups is 1. The maximum atomic E-state index is 14.3. The largest absolute Gasteiger partial charge is 0.331 e. The third-order valence-electron chi connectivity index (χ3n) is 7.27. The fourth-order valence-corrected chi connectivity index (χ4v) is 6.79. The van der Waals surface area contributed by atoms with Crippen molar-refractivity contribution in [3.05, 3.63) is 76.6 Å². The van der Waals surface area contributed by atoms with E-state index in [1.807, 2.05) is 36.9 Å². The Balaban J connectivity index is 2.26. The molecule has 5 nitrogen and oxygen atoms in total. The van der Waals surface area contributed by atoms with Crippen LogP contribution in [0.2, 0.25) is 10.0 Å². The maximum Gasteiger partial charge on any atom is 0.229 e. The van der Waals surface area contributed by atoms with Gasteiger partial charge >= 0.3 is 0 Å². The quantitative estimate of drug-likeness (QED) is 0.331. The van der Waals surface area contributed by atoms with Crippen molar-refractivity contribution < 1.29 is 13.2 Å². The van der Waals surface area contributed by atoms with Crippen molar-refractivity contribution in [3.8, 4) is 0 Å². The van der Waals surface area contributed by atoms with E-state index in [2.05, 4.69) is 11.6 Å². The molecule has 1 amide bonds. The normalized spacial score (nSPS) is 24.0. The monoisotopic (exact) mass is 550 g/mol. The Hall–Kier alpha value is -1.89. The second-order valence-corrected chi connectivity index (χ2v) is 14.6. The molecule has 0 saturated carbocycles. The summed E-state index contributed by atoms with van der Waals surface area (Å²) in [5.41, 5.74) is 1.05. The number of allylic oxidation sites excluding steroid dienone is 1. The van der Waals surface area contributed by atoms with Crippen LogP contribution in [0.25, 0.3) is 0 Å². The Morgan fingerprint density at radius 2 is 1.81 bits per heavy atom. The first kappa shape index (κ1) is 28.7. The number of carbonyl (C=O) groups is 1. The number of piperidine rings is 1. The number of benzene rings is 1. The highest BCUT2D eigenvalue weighted by atomic mass is 35.5. The average Bonchev–Trinajstić information content (AvgIpc) is 2.79. The van der Waals surface area contributed by atoms with Crippen molar-refractivity contribution in [1.82, 2.24) is 9.88 Å². The van der Waals surface area contributed by atoms with E-state index in [9.17, 15) is 13.2 Å². The Kier molecular flexibility index (Phi) is 8.64. The SMILES string of the molecule is C=CC[C@@]1(C)C[C@H](c2cncc(Cl)c2)[C@@H](c2ccc(Cl)cc2)N([C@@H](CC)CS(=O)(=O)C(C)(C)C)C1=O. The number of nitrogens with zero attached hydrogens (tertiary/aromatic N) is 2. The van der Waals surface area contributed by atoms with Gasteiger partial charge in [-0.3, -0.25) is 9.78 Å². The molecule has 0 spiro atoms. The van der Waals surface area contributed by atoms with Crippen molar-refractivity contribution in [2.24, 2.45) is 5.41 Å². The molecule has 0 radical (unpaired) electrons. The van der Waals surface area contributed by atoms with Crippen LogP contribution in [0.4, 0.5) is 0 Å². The molecule has 1 fully saturated rings. The predicted molar refractivity (Wildman–Crippen MR) is 148 cm³/mol. The number of likely N-dealkylation sites (tertiary alicyclic amines) is 1. The van der Waals surface area contributed by atoms with E-state index in [-0.39, 0.29) is 17.6 Å². The summed E-state index contributed by atoms with van der Waals surface area (Å²) in [5, 5.41) is 1.10. The highest BCUT2D eigenvalue weighted by Crippen LogP contribution is 2.52. The van der Waals surface area contributed by atoms with Crippen LogP contribution in [0, 0.1) is 5.41 Å². The first-order valence-corrected chi connectivity index (χ1v) is 14.7. The Labute approximate surface area is 225 Å². The summed E-state index contributed by atoms with van der Waals surface area (Å²) in [5.74, 6) is -0.344. The van der Waals surface area contributed by atoms with Gasteiger partial charge in [0.2, 0.25) is 5.91 Å². The lowest BCUT2D eigenvalue weighted by Gasteiger charge is -2.52. The molecule has 1 aromatic carbocycles. The van der Waals surface area contributed by atoms with Gasteiger partial charge in [-0.25, -0.2) is 8.42 Å². The van der Waals surface area contributed by atoms with Gasteiger partial charge in [0.15, 0.2) is 9.84 Å². The Morgan fingerprint density at radius 3 is 2.33 bits per heavy atom. The summed E-state index contributed by atoms with van der Waals surface area (Å²) in [7, 11) is -3.50. The zero-order valence-corrected chi connectivity index (χ0v) is 24.0. The van der Waals surface area contributed by atoms with Gasteiger partial charge in [-0.2, -0.15) is 0 Å². The number of amides is 1. The van der Waals surface area contributed by atoms with Gasteiger partial charge in [-0.15, -0.1) is 6.58 Å². The van der Waals surface area contributed by atoms with Crippen LogP contribution in [-0.4, -0.2) is 40.8 Å². The second-order valence-electron chi connectivity index (χ2n) is 11.0. The molecule has 0 N–H and O–H groups in total. The minimum Gasteiger partial charge on any atom is -0.331 e. The summed E-state index contributed by atoms with van der Waals surface area (Å²) in [4.78, 5) is 20.4. The molecule has 0 bridgehead atoms. The Morgan fingerprint density at radius 1 is 1.17 bits per heavy atom. The molecule has 0 aliphatic carbocycles. The fraction of sp³-hybridized carbons (Fsp3) is 0.500. The molecular weight excluding hydrogens is 515 g/mol. The molecule has 1 aliphatic rings. The molecule has 1 aliphatic heterocycles. The van der Waals surface area contributed by atoms with Gasteiger partial charge in [0.1, 0.15) is 0 Å². The van der Waals surface area contributed by atoms with Gasteiger partial charge in [0.25, 0.3) is 0 Å². The van der Waals surface area contributed by atoms with Crippen LogP contribution in [-0.2, 0) is 14.6 Å². The molecule has 3 rings (SSSR count). The molecule has 1 aromatic heterocycles. The fourth-order valence-electron chi connectivity index (χ4n) is 5.08. The zero-order valence-electron chi connectivity index (χ0n) is 21.7. The molecule has 36 heavy (non-hydrogen) atoms. The minimum atomic E-state index is -3.50. The van der Waals surface area contributed by atoms with Gasteiger partial charge in [0, 0.05) is 29.4 Å². The molecule has 1 saturated heterocycles. The molecule has 2 aromatic rings. The molecule has 8 heteroatoms. The predicted octanol–water partition coefficient (Wildman–Crippen LogP) is 7.02. The van der Waals surface area contributed by atoms with E-state index in [0.717, 1.165) is 11.1 Å². The van der Waals surface area contributed by atoms with Gasteiger partial charge < -0.3 is 4.90 Å². The summed E-state index contributed by atoms with van der Waals surface area (Å²) < 4.78 is 25.8. The highest BCUT2D eigenvalue weighted by molar-refractivity contribution is 7.92. The highest BCUT2D eigenvalue weighted by Gasteiger charge is 2.51. The Bertz CT molecular complexity index is 1210. The summed E-state index contributed by atoms with van der Waals surface area (Å²) in [6.07, 6.45) is 6.65.